The largest absolute Gasteiger partial charge is 0.345 e. The molecule has 2 rings (SSSR count). The van der Waals surface area contributed by atoms with Gasteiger partial charge in [0.15, 0.2) is 0 Å². The molecule has 1 aromatic rings. The van der Waals surface area contributed by atoms with Crippen LogP contribution in [-0.4, -0.2) is 16.3 Å². The van der Waals surface area contributed by atoms with Crippen LogP contribution < -0.4 is 5.32 Å². The van der Waals surface area contributed by atoms with Crippen molar-refractivity contribution >= 4 is 11.7 Å². The minimum atomic E-state index is -0.641. The summed E-state index contributed by atoms with van der Waals surface area (Å²) in [4.78, 5) is 10.9. The number of nitrogens with zero attached hydrogens (tertiary/aromatic N) is 1. The lowest BCUT2D eigenvalue weighted by atomic mass is 10.1. The summed E-state index contributed by atoms with van der Waals surface area (Å²) in [7, 11) is 0. The number of hydroxylamine groups is 2. The molecule has 2 N–H and O–H groups in total. The summed E-state index contributed by atoms with van der Waals surface area (Å²) in [6.07, 6.45) is 0. The Morgan fingerprint density at radius 2 is 2.31 bits per heavy atom. The molecule has 4 nitrogen and oxygen atoms in total. The van der Waals surface area contributed by atoms with E-state index in [-0.39, 0.29) is 6.54 Å². The van der Waals surface area contributed by atoms with Crippen LogP contribution in [0.15, 0.2) is 18.2 Å². The number of urea groups is 1. The standard InChI is InChI=1S/C8H7FN2O2/c9-6-2-1-3-7-5(6)4-11(13)8(12)10-7/h1-3,13H,4H2,(H,10,12). The highest BCUT2D eigenvalue weighted by Gasteiger charge is 2.22. The molecule has 0 aromatic heterocycles. The smallest absolute Gasteiger partial charge is 0.306 e. The molecule has 5 heteroatoms. The maximum Gasteiger partial charge on any atom is 0.345 e. The van der Waals surface area contributed by atoms with E-state index in [0.717, 1.165) is 0 Å². The molecule has 1 aliphatic rings. The molecule has 0 spiro atoms. The topological polar surface area (TPSA) is 52.6 Å². The normalized spacial score (nSPS) is 15.2. The number of fused-ring (bicyclic) bond motifs is 1. The first-order chi connectivity index (χ1) is 6.18. The second-order valence-electron chi connectivity index (χ2n) is 2.75. The van der Waals surface area contributed by atoms with Crippen molar-refractivity contribution < 1.29 is 14.4 Å². The maximum absolute atomic E-state index is 13.1. The molecule has 0 saturated heterocycles. The van der Waals surface area contributed by atoms with E-state index in [9.17, 15) is 9.18 Å². The van der Waals surface area contributed by atoms with Gasteiger partial charge in [-0.05, 0) is 12.1 Å². The zero-order valence-corrected chi connectivity index (χ0v) is 6.62. The Labute approximate surface area is 73.5 Å². The number of anilines is 1. The first-order valence-corrected chi connectivity index (χ1v) is 3.73. The van der Waals surface area contributed by atoms with Gasteiger partial charge in [0.25, 0.3) is 0 Å². The van der Waals surface area contributed by atoms with Crippen molar-refractivity contribution in [3.8, 4) is 0 Å². The third kappa shape index (κ3) is 1.23. The van der Waals surface area contributed by atoms with E-state index in [2.05, 4.69) is 5.32 Å². The van der Waals surface area contributed by atoms with Crippen LogP contribution in [-0.2, 0) is 6.54 Å². The van der Waals surface area contributed by atoms with Crippen molar-refractivity contribution in [1.82, 2.24) is 5.06 Å². The fourth-order valence-corrected chi connectivity index (χ4v) is 1.24. The molecule has 68 valence electrons. The highest BCUT2D eigenvalue weighted by molar-refractivity contribution is 5.91. The van der Waals surface area contributed by atoms with Gasteiger partial charge in [0.1, 0.15) is 5.82 Å². The first-order valence-electron chi connectivity index (χ1n) is 3.73. The number of amides is 2. The summed E-state index contributed by atoms with van der Waals surface area (Å²) >= 11 is 0. The molecule has 0 atom stereocenters. The second kappa shape index (κ2) is 2.70. The lowest BCUT2D eigenvalue weighted by molar-refractivity contribution is -0.0476. The Bertz CT molecular complexity index is 367. The van der Waals surface area contributed by atoms with Gasteiger partial charge in [-0.15, -0.1) is 0 Å². The molecule has 2 amide bonds. The fraction of sp³-hybridized carbons (Fsp3) is 0.125. The predicted octanol–water partition coefficient (Wildman–Crippen LogP) is 1.56. The molecule has 0 saturated carbocycles. The van der Waals surface area contributed by atoms with Crippen molar-refractivity contribution in [2.75, 3.05) is 5.32 Å². The molecule has 1 aromatic carbocycles. The molecule has 0 unspecified atom stereocenters. The molecule has 0 aliphatic carbocycles. The van der Waals surface area contributed by atoms with E-state index in [4.69, 9.17) is 5.21 Å². The van der Waals surface area contributed by atoms with E-state index < -0.39 is 11.8 Å². The van der Waals surface area contributed by atoms with E-state index >= 15 is 0 Å². The molecule has 0 bridgehead atoms. The Hall–Kier alpha value is -1.62. The Kier molecular flexibility index (Phi) is 1.66. The van der Waals surface area contributed by atoms with Crippen LogP contribution in [0.5, 0.6) is 0 Å². The van der Waals surface area contributed by atoms with E-state index in [0.29, 0.717) is 16.3 Å². The van der Waals surface area contributed by atoms with Crippen LogP contribution in [0.25, 0.3) is 0 Å². The highest BCUT2D eigenvalue weighted by atomic mass is 19.1. The Morgan fingerprint density at radius 1 is 1.54 bits per heavy atom. The van der Waals surface area contributed by atoms with Gasteiger partial charge in [0, 0.05) is 5.56 Å². The van der Waals surface area contributed by atoms with Gasteiger partial charge in [0.2, 0.25) is 0 Å². The van der Waals surface area contributed by atoms with E-state index in [1.54, 1.807) is 6.07 Å². The summed E-state index contributed by atoms with van der Waals surface area (Å²) in [5.74, 6) is -0.434. The first kappa shape index (κ1) is 8.00. The van der Waals surface area contributed by atoms with Gasteiger partial charge in [-0.25, -0.2) is 14.2 Å². The van der Waals surface area contributed by atoms with Gasteiger partial charge in [-0.1, -0.05) is 6.07 Å². The minimum Gasteiger partial charge on any atom is -0.306 e. The van der Waals surface area contributed by atoms with E-state index in [1.165, 1.54) is 12.1 Å². The lowest BCUT2D eigenvalue weighted by Gasteiger charge is -2.23. The molecule has 0 fully saturated rings. The average Bonchev–Trinajstić information content (AvgIpc) is 2.09. The summed E-state index contributed by atoms with van der Waals surface area (Å²) in [6.45, 7) is -0.117. The summed E-state index contributed by atoms with van der Waals surface area (Å²) in [5, 5.41) is 11.8. The summed E-state index contributed by atoms with van der Waals surface area (Å²) < 4.78 is 13.1. The van der Waals surface area contributed by atoms with Crippen molar-refractivity contribution in [1.29, 1.82) is 0 Å². The number of hydrogen-bond acceptors (Lipinski definition) is 2. The molecular weight excluding hydrogens is 175 g/mol. The van der Waals surface area contributed by atoms with Gasteiger partial charge in [-0.2, -0.15) is 0 Å². The lowest BCUT2D eigenvalue weighted by Crippen LogP contribution is -2.36. The van der Waals surface area contributed by atoms with Gasteiger partial charge >= 0.3 is 6.03 Å². The van der Waals surface area contributed by atoms with E-state index in [1.807, 2.05) is 0 Å². The predicted molar refractivity (Wildman–Crippen MR) is 42.7 cm³/mol. The van der Waals surface area contributed by atoms with Gasteiger partial charge in [-0.3, -0.25) is 5.21 Å². The maximum atomic E-state index is 13.1. The molecular formula is C8H7FN2O2. The average molecular weight is 182 g/mol. The zero-order chi connectivity index (χ0) is 9.42. The highest BCUT2D eigenvalue weighted by Crippen LogP contribution is 2.24. The van der Waals surface area contributed by atoms with Crippen LogP contribution in [0.4, 0.5) is 14.9 Å². The van der Waals surface area contributed by atoms with Crippen molar-refractivity contribution in [2.24, 2.45) is 0 Å². The van der Waals surface area contributed by atoms with Crippen LogP contribution in [0, 0.1) is 5.82 Å². The van der Waals surface area contributed by atoms with Crippen LogP contribution in [0.2, 0.25) is 0 Å². The molecule has 13 heavy (non-hydrogen) atoms. The second-order valence-corrected chi connectivity index (χ2v) is 2.75. The number of halogens is 1. The number of nitrogens with one attached hydrogen (secondary N) is 1. The van der Waals surface area contributed by atoms with Gasteiger partial charge in [0.05, 0.1) is 12.2 Å². The monoisotopic (exact) mass is 182 g/mol. The van der Waals surface area contributed by atoms with Crippen molar-refractivity contribution in [3.05, 3.63) is 29.6 Å². The number of hydrogen-bond donors (Lipinski definition) is 2. The third-order valence-corrected chi connectivity index (χ3v) is 1.90. The Morgan fingerprint density at radius 3 is 3.08 bits per heavy atom. The molecule has 1 heterocycles. The van der Waals surface area contributed by atoms with Crippen molar-refractivity contribution in [3.63, 3.8) is 0 Å². The Balaban J connectivity index is 2.48. The third-order valence-electron chi connectivity index (χ3n) is 1.90. The van der Waals surface area contributed by atoms with Crippen LogP contribution >= 0.6 is 0 Å². The zero-order valence-electron chi connectivity index (χ0n) is 6.62. The number of carbonyl (C=O) groups is 1. The minimum absolute atomic E-state index is 0.117. The molecule has 0 radical (unpaired) electrons. The molecule has 1 aliphatic heterocycles. The van der Waals surface area contributed by atoms with Crippen molar-refractivity contribution in [2.45, 2.75) is 6.54 Å². The number of benzene rings is 1. The quantitative estimate of drug-likeness (QED) is 0.598. The SMILES string of the molecule is O=C1Nc2cccc(F)c2CN1O. The summed E-state index contributed by atoms with van der Waals surface area (Å²) in [6, 6.07) is 3.73. The van der Waals surface area contributed by atoms with Crippen LogP contribution in [0.3, 0.4) is 0 Å². The number of rotatable bonds is 0. The van der Waals surface area contributed by atoms with Crippen LogP contribution in [0.1, 0.15) is 5.56 Å². The van der Waals surface area contributed by atoms with Gasteiger partial charge < -0.3 is 5.32 Å². The number of carbonyl (C=O) groups excluding carboxylic acids is 1. The fourth-order valence-electron chi connectivity index (χ4n) is 1.24. The summed E-state index contributed by atoms with van der Waals surface area (Å²) in [5.41, 5.74) is 0.708.